The van der Waals surface area contributed by atoms with Crippen molar-refractivity contribution in [1.82, 2.24) is 4.90 Å². The fourth-order valence-electron chi connectivity index (χ4n) is 3.42. The van der Waals surface area contributed by atoms with E-state index in [4.69, 9.17) is 0 Å². The second kappa shape index (κ2) is 8.13. The molecule has 2 aromatic carbocycles. The lowest BCUT2D eigenvalue weighted by atomic mass is 9.94. The first-order valence-electron chi connectivity index (χ1n) is 8.95. The van der Waals surface area contributed by atoms with E-state index in [1.807, 2.05) is 17.0 Å². The molecule has 1 aliphatic heterocycles. The highest BCUT2D eigenvalue weighted by molar-refractivity contribution is 5.95. The van der Waals surface area contributed by atoms with Crippen molar-refractivity contribution in [3.05, 3.63) is 65.5 Å². The average molecular weight is 354 g/mol. The summed E-state index contributed by atoms with van der Waals surface area (Å²) in [6, 6.07) is 13.6. The molecule has 5 heteroatoms. The molecule has 2 amide bonds. The maximum atomic E-state index is 13.2. The van der Waals surface area contributed by atoms with E-state index in [-0.39, 0.29) is 23.5 Å². The van der Waals surface area contributed by atoms with Crippen LogP contribution in [0.15, 0.2) is 48.5 Å². The van der Waals surface area contributed by atoms with E-state index in [0.717, 1.165) is 31.4 Å². The van der Waals surface area contributed by atoms with Gasteiger partial charge in [-0.3, -0.25) is 9.59 Å². The Bertz CT molecular complexity index is 772. The molecule has 26 heavy (non-hydrogen) atoms. The first kappa shape index (κ1) is 18.1. The van der Waals surface area contributed by atoms with Gasteiger partial charge in [-0.1, -0.05) is 18.6 Å². The number of hydrogen-bond acceptors (Lipinski definition) is 2. The van der Waals surface area contributed by atoms with Crippen molar-refractivity contribution < 1.29 is 14.0 Å². The first-order valence-corrected chi connectivity index (χ1v) is 8.95. The molecule has 3 rings (SSSR count). The van der Waals surface area contributed by atoms with Gasteiger partial charge in [0.25, 0.3) is 5.91 Å². The van der Waals surface area contributed by atoms with Crippen LogP contribution in [0.1, 0.15) is 48.0 Å². The fraction of sp³-hybridized carbons (Fsp3) is 0.333. The number of likely N-dealkylation sites (tertiary alicyclic amines) is 1. The van der Waals surface area contributed by atoms with E-state index in [1.54, 1.807) is 24.3 Å². The van der Waals surface area contributed by atoms with Gasteiger partial charge in [0, 0.05) is 37.2 Å². The van der Waals surface area contributed by atoms with Crippen LogP contribution < -0.4 is 5.32 Å². The molecular formula is C21H23FN2O2. The van der Waals surface area contributed by atoms with Crippen LogP contribution in [0.3, 0.4) is 0 Å². The molecule has 4 nitrogen and oxygen atoms in total. The number of amides is 2. The summed E-state index contributed by atoms with van der Waals surface area (Å²) < 4.78 is 13.2. The zero-order valence-electron chi connectivity index (χ0n) is 14.9. The summed E-state index contributed by atoms with van der Waals surface area (Å²) in [7, 11) is 0. The molecule has 1 aliphatic rings. The van der Waals surface area contributed by atoms with E-state index in [9.17, 15) is 14.0 Å². The molecule has 1 fully saturated rings. The van der Waals surface area contributed by atoms with Gasteiger partial charge in [-0.2, -0.15) is 0 Å². The Labute approximate surface area is 153 Å². The number of benzene rings is 2. The molecular weight excluding hydrogens is 331 g/mol. The molecule has 1 saturated heterocycles. The molecule has 1 N–H and O–H groups in total. The monoisotopic (exact) mass is 354 g/mol. The van der Waals surface area contributed by atoms with Crippen molar-refractivity contribution in [2.45, 2.75) is 32.1 Å². The number of carbonyl (C=O) groups excluding carboxylic acids is 2. The molecule has 0 aliphatic carbocycles. The highest BCUT2D eigenvalue weighted by atomic mass is 19.1. The largest absolute Gasteiger partial charge is 0.338 e. The van der Waals surface area contributed by atoms with E-state index in [0.29, 0.717) is 17.8 Å². The van der Waals surface area contributed by atoms with Gasteiger partial charge in [-0.05, 0) is 54.8 Å². The number of nitrogens with zero attached hydrogens (tertiary/aromatic N) is 1. The van der Waals surface area contributed by atoms with Crippen LogP contribution in [0, 0.1) is 5.82 Å². The lowest BCUT2D eigenvalue weighted by Crippen LogP contribution is -2.34. The molecule has 0 unspecified atom stereocenters. The minimum Gasteiger partial charge on any atom is -0.338 e. The Morgan fingerprint density at radius 2 is 1.73 bits per heavy atom. The molecule has 2 aromatic rings. The topological polar surface area (TPSA) is 49.4 Å². The second-order valence-electron chi connectivity index (χ2n) is 6.75. The van der Waals surface area contributed by atoms with Crippen LogP contribution in [0.5, 0.6) is 0 Å². The van der Waals surface area contributed by atoms with Gasteiger partial charge in [0.1, 0.15) is 5.82 Å². The van der Waals surface area contributed by atoms with Crippen LogP contribution in [-0.2, 0) is 4.79 Å². The molecule has 0 saturated carbocycles. The molecule has 0 bridgehead atoms. The fourth-order valence-corrected chi connectivity index (χ4v) is 3.42. The van der Waals surface area contributed by atoms with E-state index in [1.165, 1.54) is 19.1 Å². The van der Waals surface area contributed by atoms with Crippen molar-refractivity contribution in [3.63, 3.8) is 0 Å². The third kappa shape index (κ3) is 4.48. The number of rotatable bonds is 3. The van der Waals surface area contributed by atoms with Crippen molar-refractivity contribution >= 4 is 17.5 Å². The van der Waals surface area contributed by atoms with Gasteiger partial charge < -0.3 is 10.2 Å². The number of nitrogens with one attached hydrogen (secondary N) is 1. The standard InChI is InChI=1S/C21H23FN2O2/c1-15(25)23-20-11-7-17(8-12-20)21(26)24-13-3-2-4-18(14-24)16-5-9-19(22)10-6-16/h5-12,18H,2-4,13-14H2,1H3,(H,23,25)/t18-/m1/s1. The van der Waals surface area contributed by atoms with Gasteiger partial charge >= 0.3 is 0 Å². The summed E-state index contributed by atoms with van der Waals surface area (Å²) in [6.07, 6.45) is 3.01. The smallest absolute Gasteiger partial charge is 0.253 e. The van der Waals surface area contributed by atoms with Gasteiger partial charge in [0.05, 0.1) is 0 Å². The lowest BCUT2D eigenvalue weighted by Gasteiger charge is -2.25. The zero-order chi connectivity index (χ0) is 18.5. The van der Waals surface area contributed by atoms with Crippen LogP contribution in [0.25, 0.3) is 0 Å². The van der Waals surface area contributed by atoms with E-state index in [2.05, 4.69) is 5.32 Å². The Morgan fingerprint density at radius 3 is 2.38 bits per heavy atom. The quantitative estimate of drug-likeness (QED) is 0.898. The number of halogens is 1. The molecule has 136 valence electrons. The first-order chi connectivity index (χ1) is 12.5. The molecule has 0 aromatic heterocycles. The average Bonchev–Trinajstić information content (AvgIpc) is 2.88. The van der Waals surface area contributed by atoms with Crippen LogP contribution in [-0.4, -0.2) is 29.8 Å². The van der Waals surface area contributed by atoms with Gasteiger partial charge in [0.2, 0.25) is 5.91 Å². The van der Waals surface area contributed by atoms with Crippen LogP contribution >= 0.6 is 0 Å². The summed E-state index contributed by atoms with van der Waals surface area (Å²) >= 11 is 0. The van der Waals surface area contributed by atoms with E-state index < -0.39 is 0 Å². The van der Waals surface area contributed by atoms with Crippen molar-refractivity contribution in [2.75, 3.05) is 18.4 Å². The van der Waals surface area contributed by atoms with Gasteiger partial charge in [0.15, 0.2) is 0 Å². The summed E-state index contributed by atoms with van der Waals surface area (Å²) in [5.41, 5.74) is 2.36. The maximum Gasteiger partial charge on any atom is 0.253 e. The highest BCUT2D eigenvalue weighted by Crippen LogP contribution is 2.27. The Kier molecular flexibility index (Phi) is 5.66. The third-order valence-electron chi connectivity index (χ3n) is 4.75. The number of carbonyl (C=O) groups is 2. The summed E-state index contributed by atoms with van der Waals surface area (Å²) in [5, 5.41) is 2.70. The zero-order valence-corrected chi connectivity index (χ0v) is 14.9. The Balaban J connectivity index is 1.73. The minimum absolute atomic E-state index is 0.00612. The predicted octanol–water partition coefficient (Wildman–Crippen LogP) is 4.19. The van der Waals surface area contributed by atoms with Crippen LogP contribution in [0.2, 0.25) is 0 Å². The summed E-state index contributed by atoms with van der Waals surface area (Å²) in [4.78, 5) is 25.9. The molecule has 1 atom stereocenters. The summed E-state index contributed by atoms with van der Waals surface area (Å²) in [6.45, 7) is 2.81. The Morgan fingerprint density at radius 1 is 1.04 bits per heavy atom. The van der Waals surface area contributed by atoms with E-state index >= 15 is 0 Å². The molecule has 0 radical (unpaired) electrons. The normalized spacial score (nSPS) is 17.5. The highest BCUT2D eigenvalue weighted by Gasteiger charge is 2.24. The van der Waals surface area contributed by atoms with Crippen molar-refractivity contribution in [1.29, 1.82) is 0 Å². The maximum absolute atomic E-state index is 13.2. The number of hydrogen-bond donors (Lipinski definition) is 1. The SMILES string of the molecule is CC(=O)Nc1ccc(C(=O)N2CCCC[C@@H](c3ccc(F)cc3)C2)cc1. The minimum atomic E-state index is -0.241. The molecule has 1 heterocycles. The van der Waals surface area contributed by atoms with Crippen LogP contribution in [0.4, 0.5) is 10.1 Å². The number of anilines is 1. The van der Waals surface area contributed by atoms with Crippen molar-refractivity contribution in [2.24, 2.45) is 0 Å². The lowest BCUT2D eigenvalue weighted by molar-refractivity contribution is -0.114. The van der Waals surface area contributed by atoms with Gasteiger partial charge in [-0.15, -0.1) is 0 Å². The predicted molar refractivity (Wildman–Crippen MR) is 99.6 cm³/mol. The molecule has 0 spiro atoms. The summed E-state index contributed by atoms with van der Waals surface area (Å²) in [5.74, 6) is -0.164. The third-order valence-corrected chi connectivity index (χ3v) is 4.75. The second-order valence-corrected chi connectivity index (χ2v) is 6.75. The van der Waals surface area contributed by atoms with Crippen molar-refractivity contribution in [3.8, 4) is 0 Å². The van der Waals surface area contributed by atoms with Gasteiger partial charge in [-0.25, -0.2) is 4.39 Å². The Hall–Kier alpha value is -2.69.